The van der Waals surface area contributed by atoms with Crippen LogP contribution in [0.15, 0.2) is 30.7 Å². The molecule has 1 aliphatic heterocycles. The molecule has 0 unspecified atom stereocenters. The summed E-state index contributed by atoms with van der Waals surface area (Å²) in [6, 6.07) is 6.14. The second-order valence-electron chi connectivity index (χ2n) is 5.56. The molecule has 106 valence electrons. The normalized spacial score (nSPS) is 18.1. The smallest absolute Gasteiger partial charge is 0.0994 e. The molecule has 5 heteroatoms. The number of hydrogen-bond donors (Lipinski definition) is 1. The number of benzene rings is 1. The zero-order valence-electron chi connectivity index (χ0n) is 11.4. The van der Waals surface area contributed by atoms with E-state index in [4.69, 9.17) is 11.6 Å². The Kier molecular flexibility index (Phi) is 4.06. The largest absolute Gasteiger partial charge is 0.317 e. The first kappa shape index (κ1) is 14.4. The number of nitrogens with one attached hydrogen (secondary N) is 1. The predicted molar refractivity (Wildman–Crippen MR) is 90.7 cm³/mol. The van der Waals surface area contributed by atoms with Crippen molar-refractivity contribution in [3.8, 4) is 5.69 Å². The molecule has 0 saturated carbocycles. The lowest BCUT2D eigenvalue weighted by Crippen LogP contribution is -2.38. The molecule has 1 saturated heterocycles. The molecule has 1 N–H and O–H groups in total. The van der Waals surface area contributed by atoms with E-state index in [1.165, 1.54) is 5.69 Å². The van der Waals surface area contributed by atoms with E-state index in [2.05, 4.69) is 56.5 Å². The molecule has 2 aromatic rings. The van der Waals surface area contributed by atoms with Gasteiger partial charge < -0.3 is 9.88 Å². The Morgan fingerprint density at radius 2 is 2.10 bits per heavy atom. The van der Waals surface area contributed by atoms with Crippen molar-refractivity contribution in [2.45, 2.75) is 25.2 Å². The summed E-state index contributed by atoms with van der Waals surface area (Å²) in [6.45, 7) is 4.44. The minimum absolute atomic E-state index is 0.161. The number of rotatable bonds is 2. The topological polar surface area (TPSA) is 29.9 Å². The fraction of sp³-hybridized carbons (Fsp3) is 0.400. The summed E-state index contributed by atoms with van der Waals surface area (Å²) in [5.41, 5.74) is 2.43. The number of nitrogens with zero attached hydrogens (tertiary/aromatic N) is 2. The van der Waals surface area contributed by atoms with E-state index in [-0.39, 0.29) is 5.41 Å². The summed E-state index contributed by atoms with van der Waals surface area (Å²) in [5.74, 6) is 0. The molecule has 0 bridgehead atoms. The summed E-state index contributed by atoms with van der Waals surface area (Å²) < 4.78 is 3.29. The van der Waals surface area contributed by atoms with Crippen molar-refractivity contribution >= 4 is 34.2 Å². The van der Waals surface area contributed by atoms with Gasteiger partial charge in [0.05, 0.1) is 17.0 Å². The summed E-state index contributed by atoms with van der Waals surface area (Å²) in [4.78, 5) is 4.36. The quantitative estimate of drug-likeness (QED) is 0.776. The first-order valence-corrected chi connectivity index (χ1v) is 8.25. The van der Waals surface area contributed by atoms with Gasteiger partial charge in [-0.2, -0.15) is 0 Å². The standard InChI is InChI=1S/C15H17ClIN3/c1-15(4-6-18-7-5-15)14-9-19-10-20(14)13-3-2-11(17)8-12(13)16/h2-3,8-10,18H,4-7H2,1H3. The van der Waals surface area contributed by atoms with Gasteiger partial charge in [0.15, 0.2) is 0 Å². The molecule has 0 atom stereocenters. The Morgan fingerprint density at radius 3 is 2.80 bits per heavy atom. The minimum atomic E-state index is 0.161. The molecule has 2 heterocycles. The van der Waals surface area contributed by atoms with E-state index in [1.807, 2.05) is 18.6 Å². The van der Waals surface area contributed by atoms with Gasteiger partial charge in [0.1, 0.15) is 0 Å². The Hall–Kier alpha value is -0.590. The summed E-state index contributed by atoms with van der Waals surface area (Å²) in [5, 5.41) is 4.20. The second kappa shape index (κ2) is 5.66. The van der Waals surface area contributed by atoms with E-state index < -0.39 is 0 Å². The lowest BCUT2D eigenvalue weighted by atomic mass is 9.78. The van der Waals surface area contributed by atoms with Crippen molar-refractivity contribution in [3.63, 3.8) is 0 Å². The number of piperidine rings is 1. The summed E-state index contributed by atoms with van der Waals surface area (Å²) in [7, 11) is 0. The van der Waals surface area contributed by atoms with E-state index >= 15 is 0 Å². The van der Waals surface area contributed by atoms with Crippen molar-refractivity contribution in [2.75, 3.05) is 13.1 Å². The third-order valence-corrected chi connectivity index (χ3v) is 5.11. The zero-order chi connectivity index (χ0) is 14.2. The molecule has 3 nitrogen and oxygen atoms in total. The molecule has 1 fully saturated rings. The lowest BCUT2D eigenvalue weighted by Gasteiger charge is -2.34. The van der Waals surface area contributed by atoms with Crippen molar-refractivity contribution in [1.29, 1.82) is 0 Å². The van der Waals surface area contributed by atoms with Crippen LogP contribution in [0, 0.1) is 3.57 Å². The van der Waals surface area contributed by atoms with Crippen LogP contribution in [0.5, 0.6) is 0 Å². The van der Waals surface area contributed by atoms with E-state index in [0.717, 1.165) is 40.2 Å². The highest BCUT2D eigenvalue weighted by atomic mass is 127. The molecule has 3 rings (SSSR count). The molecule has 1 aromatic carbocycles. The summed E-state index contributed by atoms with van der Waals surface area (Å²) >= 11 is 8.69. The first-order valence-electron chi connectivity index (χ1n) is 6.79. The Balaban J connectivity index is 2.05. The van der Waals surface area contributed by atoms with Crippen LogP contribution in [0.25, 0.3) is 5.69 Å². The van der Waals surface area contributed by atoms with E-state index in [0.29, 0.717) is 0 Å². The third kappa shape index (κ3) is 2.61. The van der Waals surface area contributed by atoms with Crippen molar-refractivity contribution in [1.82, 2.24) is 14.9 Å². The Bertz CT molecular complexity index is 617. The van der Waals surface area contributed by atoms with Crippen LogP contribution in [0.1, 0.15) is 25.5 Å². The maximum Gasteiger partial charge on any atom is 0.0994 e. The highest BCUT2D eigenvalue weighted by molar-refractivity contribution is 14.1. The molecule has 0 amide bonds. The van der Waals surface area contributed by atoms with Gasteiger partial charge in [-0.05, 0) is 66.7 Å². The van der Waals surface area contributed by atoms with E-state index in [9.17, 15) is 0 Å². The average Bonchev–Trinajstić information content (AvgIpc) is 2.89. The van der Waals surface area contributed by atoms with Gasteiger partial charge in [-0.15, -0.1) is 0 Å². The molecular formula is C15H17ClIN3. The second-order valence-corrected chi connectivity index (χ2v) is 7.21. The number of halogens is 2. The molecule has 0 aliphatic carbocycles. The van der Waals surface area contributed by atoms with Crippen molar-refractivity contribution in [3.05, 3.63) is 45.0 Å². The SMILES string of the molecule is CC1(c2cncn2-c2ccc(I)cc2Cl)CCNCC1. The highest BCUT2D eigenvalue weighted by Gasteiger charge is 2.32. The molecular weight excluding hydrogens is 385 g/mol. The van der Waals surface area contributed by atoms with E-state index in [1.54, 1.807) is 0 Å². The average molecular weight is 402 g/mol. The van der Waals surface area contributed by atoms with Gasteiger partial charge in [-0.25, -0.2) is 4.98 Å². The number of hydrogen-bond acceptors (Lipinski definition) is 2. The van der Waals surface area contributed by atoms with Crippen LogP contribution in [-0.2, 0) is 5.41 Å². The van der Waals surface area contributed by atoms with Crippen molar-refractivity contribution in [2.24, 2.45) is 0 Å². The fourth-order valence-electron chi connectivity index (χ4n) is 2.84. The molecule has 1 aromatic heterocycles. The van der Waals surface area contributed by atoms with Gasteiger partial charge in [-0.1, -0.05) is 18.5 Å². The summed E-state index contributed by atoms with van der Waals surface area (Å²) in [6.07, 6.45) is 6.11. The maximum absolute atomic E-state index is 6.41. The number of imidazole rings is 1. The Labute approximate surface area is 137 Å². The molecule has 0 spiro atoms. The molecule has 0 radical (unpaired) electrons. The van der Waals surface area contributed by atoms with Crippen LogP contribution in [0.3, 0.4) is 0 Å². The van der Waals surface area contributed by atoms with Gasteiger partial charge >= 0.3 is 0 Å². The van der Waals surface area contributed by atoms with Crippen LogP contribution in [0.4, 0.5) is 0 Å². The lowest BCUT2D eigenvalue weighted by molar-refractivity contribution is 0.324. The maximum atomic E-state index is 6.41. The zero-order valence-corrected chi connectivity index (χ0v) is 14.3. The van der Waals surface area contributed by atoms with Crippen molar-refractivity contribution < 1.29 is 0 Å². The van der Waals surface area contributed by atoms with Gasteiger partial charge in [0.25, 0.3) is 0 Å². The highest BCUT2D eigenvalue weighted by Crippen LogP contribution is 2.35. The predicted octanol–water partition coefficient (Wildman–Crippen LogP) is 3.77. The minimum Gasteiger partial charge on any atom is -0.317 e. The van der Waals surface area contributed by atoms with Gasteiger partial charge in [0.2, 0.25) is 0 Å². The van der Waals surface area contributed by atoms with Gasteiger partial charge in [-0.3, -0.25) is 0 Å². The van der Waals surface area contributed by atoms with Gasteiger partial charge in [0, 0.05) is 20.9 Å². The van der Waals surface area contributed by atoms with Crippen LogP contribution < -0.4 is 5.32 Å². The van der Waals surface area contributed by atoms with Crippen LogP contribution in [0.2, 0.25) is 5.02 Å². The molecule has 1 aliphatic rings. The van der Waals surface area contributed by atoms with Crippen LogP contribution in [-0.4, -0.2) is 22.6 Å². The fourth-order valence-corrected chi connectivity index (χ4v) is 3.79. The third-order valence-electron chi connectivity index (χ3n) is 4.13. The van der Waals surface area contributed by atoms with Crippen LogP contribution >= 0.6 is 34.2 Å². The monoisotopic (exact) mass is 401 g/mol. The first-order chi connectivity index (χ1) is 9.60. The number of aromatic nitrogens is 2. The molecule has 20 heavy (non-hydrogen) atoms. The Morgan fingerprint density at radius 1 is 1.35 bits per heavy atom.